The van der Waals surface area contributed by atoms with E-state index in [0.717, 1.165) is 32.6 Å². The van der Waals surface area contributed by atoms with Crippen LogP contribution in [0.1, 0.15) is 39.0 Å². The molecule has 0 aromatic carbocycles. The maximum Gasteiger partial charge on any atom is 0.0483 e. The summed E-state index contributed by atoms with van der Waals surface area (Å²) in [6.45, 7) is 6.49. The smallest absolute Gasteiger partial charge is 0.0483 e. The van der Waals surface area contributed by atoms with Crippen molar-refractivity contribution in [3.63, 3.8) is 0 Å². The summed E-state index contributed by atoms with van der Waals surface area (Å²) in [6.07, 6.45) is 6.37. The Kier molecular flexibility index (Phi) is 4.00. The van der Waals surface area contributed by atoms with Gasteiger partial charge in [-0.05, 0) is 39.2 Å². The quantitative estimate of drug-likeness (QED) is 0.739. The third kappa shape index (κ3) is 3.44. The predicted octanol–water partition coefficient (Wildman–Crippen LogP) is 1.29. The first kappa shape index (κ1) is 11.4. The lowest BCUT2D eigenvalue weighted by Crippen LogP contribution is -2.52. The van der Waals surface area contributed by atoms with Crippen LogP contribution in [0.3, 0.4) is 0 Å². The number of piperidine rings is 1. The molecule has 2 saturated heterocycles. The maximum absolute atomic E-state index is 5.40. The van der Waals surface area contributed by atoms with Crippen molar-refractivity contribution in [1.82, 2.24) is 10.6 Å². The number of hydrogen-bond acceptors (Lipinski definition) is 3. The Morgan fingerprint density at radius 1 is 1.33 bits per heavy atom. The zero-order chi connectivity index (χ0) is 10.6. The van der Waals surface area contributed by atoms with Crippen molar-refractivity contribution in [2.45, 2.75) is 50.6 Å². The van der Waals surface area contributed by atoms with E-state index in [9.17, 15) is 0 Å². The second-order valence-electron chi connectivity index (χ2n) is 5.20. The monoisotopic (exact) mass is 212 g/mol. The van der Waals surface area contributed by atoms with Crippen molar-refractivity contribution in [3.8, 4) is 0 Å². The highest BCUT2D eigenvalue weighted by molar-refractivity contribution is 4.87. The SMILES string of the molecule is CC1(NCC2CCCCN2)CCOCC1. The standard InChI is InChI=1S/C12H24N2O/c1-12(5-8-15-9-6-12)14-10-11-4-2-3-7-13-11/h11,13-14H,2-10H2,1H3. The van der Waals surface area contributed by atoms with Crippen LogP contribution in [0.15, 0.2) is 0 Å². The molecule has 88 valence electrons. The van der Waals surface area contributed by atoms with Gasteiger partial charge in [0.15, 0.2) is 0 Å². The summed E-state index contributed by atoms with van der Waals surface area (Å²) in [6, 6.07) is 0.693. The van der Waals surface area contributed by atoms with Crippen molar-refractivity contribution >= 4 is 0 Å². The molecule has 0 amide bonds. The van der Waals surface area contributed by atoms with E-state index in [1.54, 1.807) is 0 Å². The topological polar surface area (TPSA) is 33.3 Å². The van der Waals surface area contributed by atoms with Gasteiger partial charge in [0.25, 0.3) is 0 Å². The molecule has 0 spiro atoms. The first-order chi connectivity index (χ1) is 7.29. The highest BCUT2D eigenvalue weighted by Crippen LogP contribution is 2.20. The molecule has 2 aliphatic heterocycles. The molecular formula is C12H24N2O. The highest BCUT2D eigenvalue weighted by Gasteiger charge is 2.27. The third-order valence-electron chi connectivity index (χ3n) is 3.78. The minimum Gasteiger partial charge on any atom is -0.381 e. The van der Waals surface area contributed by atoms with Gasteiger partial charge in [-0.1, -0.05) is 6.42 Å². The van der Waals surface area contributed by atoms with Crippen LogP contribution in [0.2, 0.25) is 0 Å². The average molecular weight is 212 g/mol. The summed E-state index contributed by atoms with van der Waals surface area (Å²) in [4.78, 5) is 0. The lowest BCUT2D eigenvalue weighted by atomic mass is 9.92. The fraction of sp³-hybridized carbons (Fsp3) is 1.00. The second kappa shape index (κ2) is 5.28. The van der Waals surface area contributed by atoms with E-state index in [1.807, 2.05) is 0 Å². The average Bonchev–Trinajstić information content (AvgIpc) is 2.29. The Hall–Kier alpha value is -0.120. The molecule has 0 aromatic heterocycles. The van der Waals surface area contributed by atoms with E-state index < -0.39 is 0 Å². The van der Waals surface area contributed by atoms with E-state index in [1.165, 1.54) is 25.8 Å². The zero-order valence-electron chi connectivity index (χ0n) is 9.85. The van der Waals surface area contributed by atoms with Crippen molar-refractivity contribution < 1.29 is 4.74 Å². The molecule has 0 aliphatic carbocycles. The molecule has 2 fully saturated rings. The second-order valence-corrected chi connectivity index (χ2v) is 5.20. The van der Waals surface area contributed by atoms with Crippen LogP contribution in [0, 0.1) is 0 Å². The molecule has 1 unspecified atom stereocenters. The molecule has 3 nitrogen and oxygen atoms in total. The molecule has 0 saturated carbocycles. The third-order valence-corrected chi connectivity index (χ3v) is 3.78. The largest absolute Gasteiger partial charge is 0.381 e. The summed E-state index contributed by atoms with van der Waals surface area (Å²) in [5.74, 6) is 0. The Labute approximate surface area is 93.0 Å². The molecule has 2 rings (SSSR count). The van der Waals surface area contributed by atoms with Crippen LogP contribution in [-0.4, -0.2) is 37.9 Å². The number of rotatable bonds is 3. The molecule has 0 aromatic rings. The summed E-state index contributed by atoms with van der Waals surface area (Å²) in [5, 5.41) is 7.31. The minimum absolute atomic E-state index is 0.317. The van der Waals surface area contributed by atoms with Gasteiger partial charge in [-0.3, -0.25) is 0 Å². The Morgan fingerprint density at radius 2 is 2.13 bits per heavy atom. The number of hydrogen-bond donors (Lipinski definition) is 2. The van der Waals surface area contributed by atoms with Crippen LogP contribution in [0.5, 0.6) is 0 Å². The van der Waals surface area contributed by atoms with E-state index in [-0.39, 0.29) is 0 Å². The molecule has 15 heavy (non-hydrogen) atoms. The maximum atomic E-state index is 5.40. The van der Waals surface area contributed by atoms with E-state index in [2.05, 4.69) is 17.6 Å². The first-order valence-electron chi connectivity index (χ1n) is 6.35. The Balaban J connectivity index is 1.70. The summed E-state index contributed by atoms with van der Waals surface area (Å²) >= 11 is 0. The van der Waals surface area contributed by atoms with Crippen LogP contribution in [-0.2, 0) is 4.74 Å². The van der Waals surface area contributed by atoms with Crippen LogP contribution in [0.25, 0.3) is 0 Å². The zero-order valence-corrected chi connectivity index (χ0v) is 9.85. The molecule has 0 bridgehead atoms. The van der Waals surface area contributed by atoms with Crippen molar-refractivity contribution in [3.05, 3.63) is 0 Å². The molecule has 2 heterocycles. The molecular weight excluding hydrogens is 188 g/mol. The molecule has 2 N–H and O–H groups in total. The highest BCUT2D eigenvalue weighted by atomic mass is 16.5. The van der Waals surface area contributed by atoms with Crippen molar-refractivity contribution in [2.24, 2.45) is 0 Å². The molecule has 0 radical (unpaired) electrons. The fourth-order valence-corrected chi connectivity index (χ4v) is 2.47. The van der Waals surface area contributed by atoms with Gasteiger partial charge in [0.1, 0.15) is 0 Å². The summed E-state index contributed by atoms with van der Waals surface area (Å²) in [7, 11) is 0. The van der Waals surface area contributed by atoms with Gasteiger partial charge in [-0.15, -0.1) is 0 Å². The van der Waals surface area contributed by atoms with Gasteiger partial charge in [-0.2, -0.15) is 0 Å². The number of nitrogens with one attached hydrogen (secondary N) is 2. The minimum atomic E-state index is 0.317. The Morgan fingerprint density at radius 3 is 2.80 bits per heavy atom. The van der Waals surface area contributed by atoms with Gasteiger partial charge in [-0.25, -0.2) is 0 Å². The van der Waals surface area contributed by atoms with E-state index >= 15 is 0 Å². The lowest BCUT2D eigenvalue weighted by Gasteiger charge is -2.36. The van der Waals surface area contributed by atoms with Crippen LogP contribution in [0.4, 0.5) is 0 Å². The first-order valence-corrected chi connectivity index (χ1v) is 6.35. The Bertz CT molecular complexity index is 184. The van der Waals surface area contributed by atoms with Crippen LogP contribution >= 0.6 is 0 Å². The molecule has 3 heteroatoms. The normalized spacial score (nSPS) is 31.4. The molecule has 2 aliphatic rings. The van der Waals surface area contributed by atoms with Crippen molar-refractivity contribution in [2.75, 3.05) is 26.3 Å². The van der Waals surface area contributed by atoms with Gasteiger partial charge >= 0.3 is 0 Å². The summed E-state index contributed by atoms with van der Waals surface area (Å²) in [5.41, 5.74) is 0.317. The van der Waals surface area contributed by atoms with Gasteiger partial charge in [0, 0.05) is 31.3 Å². The van der Waals surface area contributed by atoms with E-state index in [0.29, 0.717) is 11.6 Å². The van der Waals surface area contributed by atoms with Gasteiger partial charge < -0.3 is 15.4 Å². The van der Waals surface area contributed by atoms with Crippen molar-refractivity contribution in [1.29, 1.82) is 0 Å². The lowest BCUT2D eigenvalue weighted by molar-refractivity contribution is 0.0441. The van der Waals surface area contributed by atoms with E-state index in [4.69, 9.17) is 4.74 Å². The molecule has 1 atom stereocenters. The predicted molar refractivity (Wildman–Crippen MR) is 62.1 cm³/mol. The number of ether oxygens (including phenoxy) is 1. The van der Waals surface area contributed by atoms with Gasteiger partial charge in [0.05, 0.1) is 0 Å². The summed E-state index contributed by atoms with van der Waals surface area (Å²) < 4.78 is 5.40. The van der Waals surface area contributed by atoms with Crippen LogP contribution < -0.4 is 10.6 Å². The fourth-order valence-electron chi connectivity index (χ4n) is 2.47. The van der Waals surface area contributed by atoms with Gasteiger partial charge in [0.2, 0.25) is 0 Å².